The van der Waals surface area contributed by atoms with Gasteiger partial charge in [0, 0.05) is 11.3 Å². The van der Waals surface area contributed by atoms with Crippen molar-refractivity contribution < 1.29 is 14.3 Å². The maximum absolute atomic E-state index is 12.6. The number of nitrogens with one attached hydrogen (secondary N) is 1. The summed E-state index contributed by atoms with van der Waals surface area (Å²) in [6.07, 6.45) is 7.95. The first kappa shape index (κ1) is 19.0. The van der Waals surface area contributed by atoms with Crippen LogP contribution < -0.4 is 14.8 Å². The zero-order chi connectivity index (χ0) is 20.1. The van der Waals surface area contributed by atoms with Crippen molar-refractivity contribution in [1.29, 1.82) is 0 Å². The fourth-order valence-corrected chi connectivity index (χ4v) is 3.49. The average molecular weight is 392 g/mol. The maximum Gasteiger partial charge on any atom is 0.255 e. The fourth-order valence-electron chi connectivity index (χ4n) is 3.49. The standard InChI is InChI=1S/C22H24N4O3/c1-28-21-12-17(8-11-20(21)29-19-4-2-3-5-19)22(27)25-18-9-6-16(7-10-18)13-26-15-23-14-24-26/h6-12,14-15,19H,2-5,13H2,1H3,(H,25,27). The first-order valence-electron chi connectivity index (χ1n) is 9.78. The molecule has 0 bridgehead atoms. The lowest BCUT2D eigenvalue weighted by atomic mass is 10.1. The summed E-state index contributed by atoms with van der Waals surface area (Å²) >= 11 is 0. The van der Waals surface area contributed by atoms with Crippen LogP contribution >= 0.6 is 0 Å². The van der Waals surface area contributed by atoms with Crippen LogP contribution in [-0.2, 0) is 6.54 Å². The van der Waals surface area contributed by atoms with Crippen LogP contribution in [0.3, 0.4) is 0 Å². The number of anilines is 1. The molecule has 1 aliphatic rings. The van der Waals surface area contributed by atoms with Gasteiger partial charge in [-0.15, -0.1) is 0 Å². The van der Waals surface area contributed by atoms with E-state index in [1.165, 1.54) is 19.2 Å². The first-order valence-corrected chi connectivity index (χ1v) is 9.78. The highest BCUT2D eigenvalue weighted by atomic mass is 16.5. The zero-order valence-corrected chi connectivity index (χ0v) is 16.4. The van der Waals surface area contributed by atoms with Crippen LogP contribution in [0.25, 0.3) is 0 Å². The second kappa shape index (κ2) is 8.77. The molecule has 150 valence electrons. The fraction of sp³-hybridized carbons (Fsp3) is 0.318. The summed E-state index contributed by atoms with van der Waals surface area (Å²) in [6, 6.07) is 13.0. The topological polar surface area (TPSA) is 78.3 Å². The molecule has 1 heterocycles. The van der Waals surface area contributed by atoms with E-state index in [1.54, 1.807) is 30.3 Å². The number of amides is 1. The summed E-state index contributed by atoms with van der Waals surface area (Å²) in [4.78, 5) is 16.6. The van der Waals surface area contributed by atoms with Crippen molar-refractivity contribution in [2.24, 2.45) is 0 Å². The van der Waals surface area contributed by atoms with E-state index in [9.17, 15) is 4.79 Å². The molecule has 4 rings (SSSR count). The SMILES string of the molecule is COc1cc(C(=O)Nc2ccc(Cn3cncn3)cc2)ccc1OC1CCCC1. The number of rotatable bonds is 7. The summed E-state index contributed by atoms with van der Waals surface area (Å²) in [5, 5.41) is 7.01. The molecule has 1 fully saturated rings. The molecule has 2 aromatic carbocycles. The summed E-state index contributed by atoms with van der Waals surface area (Å²) < 4.78 is 13.2. The highest BCUT2D eigenvalue weighted by Gasteiger charge is 2.19. The Balaban J connectivity index is 1.41. The lowest BCUT2D eigenvalue weighted by Crippen LogP contribution is -2.14. The van der Waals surface area contributed by atoms with Gasteiger partial charge in [-0.2, -0.15) is 5.10 Å². The molecule has 0 spiro atoms. The van der Waals surface area contributed by atoms with Crippen molar-refractivity contribution in [1.82, 2.24) is 14.8 Å². The Morgan fingerprint density at radius 1 is 1.14 bits per heavy atom. The number of methoxy groups -OCH3 is 1. The Labute approximate surface area is 169 Å². The van der Waals surface area contributed by atoms with Crippen LogP contribution in [0.2, 0.25) is 0 Å². The van der Waals surface area contributed by atoms with E-state index in [2.05, 4.69) is 15.4 Å². The summed E-state index contributed by atoms with van der Waals surface area (Å²) in [5.74, 6) is 1.07. The molecule has 3 aromatic rings. The van der Waals surface area contributed by atoms with Crippen molar-refractivity contribution in [2.45, 2.75) is 38.3 Å². The van der Waals surface area contributed by atoms with Crippen LogP contribution in [-0.4, -0.2) is 33.9 Å². The molecule has 0 aliphatic heterocycles. The number of aromatic nitrogens is 3. The molecule has 0 radical (unpaired) electrons. The minimum Gasteiger partial charge on any atom is -0.493 e. The molecule has 1 saturated carbocycles. The number of benzene rings is 2. The molecule has 7 heteroatoms. The Morgan fingerprint density at radius 3 is 2.62 bits per heavy atom. The highest BCUT2D eigenvalue weighted by molar-refractivity contribution is 6.04. The lowest BCUT2D eigenvalue weighted by molar-refractivity contribution is 0.102. The summed E-state index contributed by atoms with van der Waals surface area (Å²) in [5.41, 5.74) is 2.32. The number of hydrogen-bond acceptors (Lipinski definition) is 5. The van der Waals surface area contributed by atoms with Gasteiger partial charge in [0.25, 0.3) is 5.91 Å². The molecular formula is C22H24N4O3. The highest BCUT2D eigenvalue weighted by Crippen LogP contribution is 2.32. The number of carbonyl (C=O) groups excluding carboxylic acids is 1. The molecule has 1 aliphatic carbocycles. The van der Waals surface area contributed by atoms with Crippen molar-refractivity contribution in [3.8, 4) is 11.5 Å². The van der Waals surface area contributed by atoms with Gasteiger partial charge >= 0.3 is 0 Å². The van der Waals surface area contributed by atoms with Gasteiger partial charge in [0.05, 0.1) is 19.8 Å². The third-order valence-electron chi connectivity index (χ3n) is 5.04. The van der Waals surface area contributed by atoms with Crippen LogP contribution in [0.5, 0.6) is 11.5 Å². The minimum absolute atomic E-state index is 0.195. The van der Waals surface area contributed by atoms with Gasteiger partial charge in [-0.3, -0.25) is 4.79 Å². The van der Waals surface area contributed by atoms with Crippen LogP contribution in [0, 0.1) is 0 Å². The van der Waals surface area contributed by atoms with Gasteiger partial charge in [-0.1, -0.05) is 12.1 Å². The number of carbonyl (C=O) groups is 1. The number of ether oxygens (including phenoxy) is 2. The predicted octanol–water partition coefficient (Wildman–Crippen LogP) is 3.91. The quantitative estimate of drug-likeness (QED) is 0.660. The van der Waals surface area contributed by atoms with Crippen molar-refractivity contribution in [3.05, 3.63) is 66.2 Å². The Hall–Kier alpha value is -3.35. The monoisotopic (exact) mass is 392 g/mol. The second-order valence-electron chi connectivity index (χ2n) is 7.13. The molecule has 7 nitrogen and oxygen atoms in total. The van der Waals surface area contributed by atoms with E-state index in [-0.39, 0.29) is 12.0 Å². The minimum atomic E-state index is -0.195. The Kier molecular flexibility index (Phi) is 5.74. The van der Waals surface area contributed by atoms with Crippen LogP contribution in [0.4, 0.5) is 5.69 Å². The summed E-state index contributed by atoms with van der Waals surface area (Å²) in [6.45, 7) is 0.633. The van der Waals surface area contributed by atoms with Gasteiger partial charge in [0.1, 0.15) is 12.7 Å². The second-order valence-corrected chi connectivity index (χ2v) is 7.13. The van der Waals surface area contributed by atoms with E-state index < -0.39 is 0 Å². The molecule has 0 saturated heterocycles. The Bertz CT molecular complexity index is 949. The molecule has 1 aromatic heterocycles. The van der Waals surface area contributed by atoms with E-state index >= 15 is 0 Å². The molecular weight excluding hydrogens is 368 g/mol. The molecule has 0 unspecified atom stereocenters. The van der Waals surface area contributed by atoms with Gasteiger partial charge in [0.15, 0.2) is 11.5 Å². The third kappa shape index (κ3) is 4.74. The predicted molar refractivity (Wildman–Crippen MR) is 109 cm³/mol. The summed E-state index contributed by atoms with van der Waals surface area (Å²) in [7, 11) is 1.59. The van der Waals surface area contributed by atoms with E-state index in [1.807, 2.05) is 30.3 Å². The van der Waals surface area contributed by atoms with Crippen molar-refractivity contribution >= 4 is 11.6 Å². The third-order valence-corrected chi connectivity index (χ3v) is 5.04. The maximum atomic E-state index is 12.6. The van der Waals surface area contributed by atoms with Gasteiger partial charge in [-0.05, 0) is 61.6 Å². The van der Waals surface area contributed by atoms with E-state index in [4.69, 9.17) is 9.47 Å². The van der Waals surface area contributed by atoms with Crippen molar-refractivity contribution in [3.63, 3.8) is 0 Å². The molecule has 1 amide bonds. The Morgan fingerprint density at radius 2 is 1.93 bits per heavy atom. The van der Waals surface area contributed by atoms with E-state index in [0.29, 0.717) is 23.6 Å². The normalized spacial score (nSPS) is 14.0. The van der Waals surface area contributed by atoms with E-state index in [0.717, 1.165) is 24.1 Å². The van der Waals surface area contributed by atoms with Crippen molar-refractivity contribution in [2.75, 3.05) is 12.4 Å². The van der Waals surface area contributed by atoms with Gasteiger partial charge in [0.2, 0.25) is 0 Å². The smallest absolute Gasteiger partial charge is 0.255 e. The zero-order valence-electron chi connectivity index (χ0n) is 16.4. The average Bonchev–Trinajstić information content (AvgIpc) is 3.44. The largest absolute Gasteiger partial charge is 0.493 e. The number of hydrogen-bond donors (Lipinski definition) is 1. The molecule has 0 atom stereocenters. The van der Waals surface area contributed by atoms with Gasteiger partial charge in [-0.25, -0.2) is 9.67 Å². The first-order chi connectivity index (χ1) is 14.2. The van der Waals surface area contributed by atoms with Crippen LogP contribution in [0.15, 0.2) is 55.1 Å². The number of nitrogens with zero attached hydrogens (tertiary/aromatic N) is 3. The molecule has 1 N–H and O–H groups in total. The van der Waals surface area contributed by atoms with Crippen LogP contribution in [0.1, 0.15) is 41.6 Å². The van der Waals surface area contributed by atoms with Gasteiger partial charge < -0.3 is 14.8 Å². The lowest BCUT2D eigenvalue weighted by Gasteiger charge is -2.16. The molecule has 29 heavy (non-hydrogen) atoms.